The molecule has 0 aliphatic rings. The first-order valence-corrected chi connectivity index (χ1v) is 5.32. The van der Waals surface area contributed by atoms with Crippen LogP contribution in [0.4, 0.5) is 5.13 Å². The van der Waals surface area contributed by atoms with Crippen LogP contribution in [0.1, 0.15) is 10.5 Å². The summed E-state index contributed by atoms with van der Waals surface area (Å²) in [5, 5.41) is 10.9. The number of anilines is 1. The predicted molar refractivity (Wildman–Crippen MR) is 58.3 cm³/mol. The lowest BCUT2D eigenvalue weighted by Crippen LogP contribution is -2.15. The fourth-order valence-corrected chi connectivity index (χ4v) is 1.83. The molecule has 0 aliphatic carbocycles. The molecule has 78 valence electrons. The molecule has 2 aromatic heterocycles. The molecule has 0 saturated heterocycles. The summed E-state index contributed by atoms with van der Waals surface area (Å²) in [5.74, 6) is -0.249. The molecule has 5 nitrogen and oxygen atoms in total. The summed E-state index contributed by atoms with van der Waals surface area (Å²) in [6.07, 6.45) is 1.66. The lowest BCUT2D eigenvalue weighted by atomic mass is 10.4. The molecule has 0 atom stereocenters. The van der Waals surface area contributed by atoms with Gasteiger partial charge in [0.2, 0.25) is 5.13 Å². The second kappa shape index (κ2) is 4.00. The van der Waals surface area contributed by atoms with Crippen molar-refractivity contribution in [3.05, 3.63) is 28.5 Å². The topological polar surface area (TPSA) is 59.8 Å². The highest BCUT2D eigenvalue weighted by molar-refractivity contribution is 7.13. The van der Waals surface area contributed by atoms with E-state index in [1.54, 1.807) is 29.4 Å². The van der Waals surface area contributed by atoms with Crippen LogP contribution in [-0.4, -0.2) is 20.7 Å². The number of nitrogens with zero attached hydrogens (tertiary/aromatic N) is 3. The van der Waals surface area contributed by atoms with Crippen molar-refractivity contribution < 1.29 is 4.79 Å². The molecule has 2 rings (SSSR count). The normalized spacial score (nSPS) is 10.3. The van der Waals surface area contributed by atoms with Crippen LogP contribution in [0.3, 0.4) is 0 Å². The molecule has 7 heteroatoms. The van der Waals surface area contributed by atoms with Crippen LogP contribution in [0.15, 0.2) is 17.8 Å². The number of hydrogen-bond donors (Lipinski definition) is 1. The third-order valence-corrected chi connectivity index (χ3v) is 2.60. The first-order chi connectivity index (χ1) is 7.16. The number of halogens is 1. The molecule has 0 aliphatic heterocycles. The Balaban J connectivity index is 2.18. The minimum Gasteiger partial charge on any atom is -0.345 e. The van der Waals surface area contributed by atoms with Crippen molar-refractivity contribution >= 4 is 34.0 Å². The van der Waals surface area contributed by atoms with Crippen molar-refractivity contribution in [3.63, 3.8) is 0 Å². The van der Waals surface area contributed by atoms with Crippen molar-refractivity contribution in [2.45, 2.75) is 0 Å². The first kappa shape index (κ1) is 10.1. The quantitative estimate of drug-likeness (QED) is 0.873. The van der Waals surface area contributed by atoms with Crippen LogP contribution in [0.5, 0.6) is 0 Å². The van der Waals surface area contributed by atoms with Crippen molar-refractivity contribution in [1.29, 1.82) is 0 Å². The third-order valence-electron chi connectivity index (χ3n) is 1.78. The van der Waals surface area contributed by atoms with Gasteiger partial charge in [0.05, 0.1) is 5.02 Å². The lowest BCUT2D eigenvalue weighted by molar-refractivity contribution is 0.101. The van der Waals surface area contributed by atoms with E-state index in [0.29, 0.717) is 15.8 Å². The fourth-order valence-electron chi connectivity index (χ4n) is 1.14. The maximum Gasteiger partial charge on any atom is 0.274 e. The summed E-state index contributed by atoms with van der Waals surface area (Å²) in [4.78, 5) is 11.7. The van der Waals surface area contributed by atoms with E-state index in [9.17, 15) is 4.79 Å². The number of amides is 1. The first-order valence-electron chi connectivity index (χ1n) is 4.06. The molecule has 0 bridgehead atoms. The van der Waals surface area contributed by atoms with E-state index in [1.165, 1.54) is 11.3 Å². The summed E-state index contributed by atoms with van der Waals surface area (Å²) < 4.78 is 1.65. The van der Waals surface area contributed by atoms with Gasteiger partial charge in [-0.25, -0.2) is 0 Å². The molecule has 2 aromatic rings. The monoisotopic (exact) mass is 242 g/mol. The number of aryl methyl sites for hydroxylation is 1. The number of carbonyl (C=O) groups excluding carboxylic acids is 1. The van der Waals surface area contributed by atoms with E-state index >= 15 is 0 Å². The van der Waals surface area contributed by atoms with E-state index in [-0.39, 0.29) is 5.91 Å². The van der Waals surface area contributed by atoms with Crippen LogP contribution >= 0.6 is 22.9 Å². The van der Waals surface area contributed by atoms with Crippen molar-refractivity contribution in [1.82, 2.24) is 14.8 Å². The Morgan fingerprint density at radius 1 is 1.67 bits per heavy atom. The molecule has 2 heterocycles. The number of rotatable bonds is 2. The molecule has 0 aromatic carbocycles. The highest BCUT2D eigenvalue weighted by Gasteiger charge is 2.12. The van der Waals surface area contributed by atoms with Gasteiger partial charge in [-0.05, 0) is 6.07 Å². The van der Waals surface area contributed by atoms with Gasteiger partial charge in [-0.15, -0.1) is 10.2 Å². The molecule has 0 fully saturated rings. The second-order valence-electron chi connectivity index (χ2n) is 2.85. The smallest absolute Gasteiger partial charge is 0.274 e. The molecule has 0 saturated carbocycles. The average molecular weight is 243 g/mol. The Morgan fingerprint density at radius 3 is 3.00 bits per heavy atom. The molecular weight excluding hydrogens is 236 g/mol. The van der Waals surface area contributed by atoms with Crippen molar-refractivity contribution in [2.75, 3.05) is 5.32 Å². The minimum atomic E-state index is -0.249. The van der Waals surface area contributed by atoms with Crippen LogP contribution in [0, 0.1) is 0 Å². The van der Waals surface area contributed by atoms with Crippen LogP contribution in [-0.2, 0) is 7.05 Å². The Kier molecular flexibility index (Phi) is 2.70. The maximum atomic E-state index is 11.7. The predicted octanol–water partition coefficient (Wildman–Crippen LogP) is 1.78. The Labute approximate surface area is 94.7 Å². The molecule has 1 amide bonds. The van der Waals surface area contributed by atoms with Crippen LogP contribution < -0.4 is 5.32 Å². The summed E-state index contributed by atoms with van der Waals surface area (Å²) >= 11 is 7.03. The number of carbonyl (C=O) groups is 1. The zero-order valence-corrected chi connectivity index (χ0v) is 9.34. The van der Waals surface area contributed by atoms with Crippen LogP contribution in [0.25, 0.3) is 0 Å². The lowest BCUT2D eigenvalue weighted by Gasteiger charge is -2.01. The standard InChI is InChI=1S/C8H7ClN4OS/c1-13-3-5(9)2-6(13)7(14)11-8-12-10-4-15-8/h2-4H,1H3,(H,11,12,14). The summed E-state index contributed by atoms with van der Waals surface area (Å²) in [7, 11) is 1.75. The summed E-state index contributed by atoms with van der Waals surface area (Å²) in [6.45, 7) is 0. The van der Waals surface area contributed by atoms with Crippen molar-refractivity contribution in [3.8, 4) is 0 Å². The van der Waals surface area contributed by atoms with Gasteiger partial charge in [-0.2, -0.15) is 0 Å². The van der Waals surface area contributed by atoms with Gasteiger partial charge >= 0.3 is 0 Å². The second-order valence-corrected chi connectivity index (χ2v) is 4.12. The Hall–Kier alpha value is -1.40. The SMILES string of the molecule is Cn1cc(Cl)cc1C(=O)Nc1nncs1. The fraction of sp³-hybridized carbons (Fsp3) is 0.125. The van der Waals surface area contributed by atoms with Gasteiger partial charge < -0.3 is 4.57 Å². The third kappa shape index (κ3) is 2.16. The number of hydrogen-bond acceptors (Lipinski definition) is 4. The molecule has 15 heavy (non-hydrogen) atoms. The molecule has 0 unspecified atom stereocenters. The summed E-state index contributed by atoms with van der Waals surface area (Å²) in [6, 6.07) is 1.60. The minimum absolute atomic E-state index is 0.249. The van der Waals surface area contributed by atoms with E-state index < -0.39 is 0 Å². The van der Waals surface area contributed by atoms with Gasteiger partial charge in [0.15, 0.2) is 0 Å². The largest absolute Gasteiger partial charge is 0.345 e. The van der Waals surface area contributed by atoms with Gasteiger partial charge in [0, 0.05) is 13.2 Å². The zero-order chi connectivity index (χ0) is 10.8. The van der Waals surface area contributed by atoms with Gasteiger partial charge in [0.25, 0.3) is 5.91 Å². The van der Waals surface area contributed by atoms with Crippen molar-refractivity contribution in [2.24, 2.45) is 7.05 Å². The summed E-state index contributed by atoms with van der Waals surface area (Å²) in [5.41, 5.74) is 2.03. The van der Waals surface area contributed by atoms with E-state index in [1.807, 2.05) is 0 Å². The number of aromatic nitrogens is 3. The van der Waals surface area contributed by atoms with E-state index in [4.69, 9.17) is 11.6 Å². The van der Waals surface area contributed by atoms with Gasteiger partial charge in [-0.3, -0.25) is 10.1 Å². The number of nitrogens with one attached hydrogen (secondary N) is 1. The molecule has 0 spiro atoms. The van der Waals surface area contributed by atoms with E-state index in [2.05, 4.69) is 15.5 Å². The molecule has 1 N–H and O–H groups in total. The average Bonchev–Trinajstić information content (AvgIpc) is 2.75. The van der Waals surface area contributed by atoms with E-state index in [0.717, 1.165) is 0 Å². The van der Waals surface area contributed by atoms with Gasteiger partial charge in [0.1, 0.15) is 11.2 Å². The molecule has 0 radical (unpaired) electrons. The molecular formula is C8H7ClN4OS. The zero-order valence-electron chi connectivity index (χ0n) is 7.77. The highest BCUT2D eigenvalue weighted by Crippen LogP contribution is 2.15. The van der Waals surface area contributed by atoms with Crippen LogP contribution in [0.2, 0.25) is 5.02 Å². The van der Waals surface area contributed by atoms with Gasteiger partial charge in [-0.1, -0.05) is 22.9 Å². The Bertz CT molecular complexity index is 479. The maximum absolute atomic E-state index is 11.7. The highest BCUT2D eigenvalue weighted by atomic mass is 35.5. The Morgan fingerprint density at radius 2 is 2.47 bits per heavy atom.